The highest BCUT2D eigenvalue weighted by molar-refractivity contribution is 5.94. The first-order chi connectivity index (χ1) is 11.2. The third kappa shape index (κ3) is 5.87. The predicted molar refractivity (Wildman–Crippen MR) is 91.8 cm³/mol. The van der Waals surface area contributed by atoms with Crippen molar-refractivity contribution in [2.24, 2.45) is 5.92 Å². The summed E-state index contributed by atoms with van der Waals surface area (Å²) in [5.41, 5.74) is 0.601. The number of aliphatic hydroxyl groups excluding tert-OH is 1. The Morgan fingerprint density at radius 2 is 1.96 bits per heavy atom. The molecule has 4 nitrogen and oxygen atoms in total. The van der Waals surface area contributed by atoms with Crippen LogP contribution in [0.15, 0.2) is 24.3 Å². The molecule has 0 aliphatic heterocycles. The molecule has 1 unspecified atom stereocenters. The maximum atomic E-state index is 12.1. The molecular formula is C19H29NO3. The van der Waals surface area contributed by atoms with Crippen LogP contribution in [-0.2, 0) is 0 Å². The monoisotopic (exact) mass is 319 g/mol. The van der Waals surface area contributed by atoms with Gasteiger partial charge in [0.15, 0.2) is 0 Å². The number of rotatable bonds is 8. The number of unbranched alkanes of at least 4 members (excludes halogenated alkanes) is 1. The van der Waals surface area contributed by atoms with Gasteiger partial charge in [-0.1, -0.05) is 32.6 Å². The van der Waals surface area contributed by atoms with Gasteiger partial charge >= 0.3 is 0 Å². The quantitative estimate of drug-likeness (QED) is 0.721. The summed E-state index contributed by atoms with van der Waals surface area (Å²) in [7, 11) is 0. The Morgan fingerprint density at radius 3 is 2.61 bits per heavy atom. The smallest absolute Gasteiger partial charge is 0.251 e. The fourth-order valence-corrected chi connectivity index (χ4v) is 3.02. The SMILES string of the molecule is CCCCOc1ccc(C(=O)NCC(O)C2CCCCC2)cc1. The molecule has 1 fully saturated rings. The Hall–Kier alpha value is -1.55. The molecule has 1 aromatic carbocycles. The first kappa shape index (κ1) is 17.8. The zero-order chi connectivity index (χ0) is 16.5. The van der Waals surface area contributed by atoms with Crippen molar-refractivity contribution in [3.05, 3.63) is 29.8 Å². The van der Waals surface area contributed by atoms with Gasteiger partial charge in [0.2, 0.25) is 0 Å². The van der Waals surface area contributed by atoms with E-state index in [-0.39, 0.29) is 5.91 Å². The fraction of sp³-hybridized carbons (Fsp3) is 0.632. The summed E-state index contributed by atoms with van der Waals surface area (Å²) in [5.74, 6) is 0.982. The van der Waals surface area contributed by atoms with Gasteiger partial charge in [-0.25, -0.2) is 0 Å². The average Bonchev–Trinajstić information content (AvgIpc) is 2.61. The number of hydrogen-bond acceptors (Lipinski definition) is 3. The molecule has 1 aliphatic carbocycles. The minimum atomic E-state index is -0.434. The Balaban J connectivity index is 1.76. The van der Waals surface area contributed by atoms with Gasteiger partial charge in [0.05, 0.1) is 12.7 Å². The second-order valence-electron chi connectivity index (χ2n) is 6.40. The van der Waals surface area contributed by atoms with Gasteiger partial charge in [0.25, 0.3) is 5.91 Å². The summed E-state index contributed by atoms with van der Waals surface area (Å²) in [6, 6.07) is 7.18. The van der Waals surface area contributed by atoms with Crippen LogP contribution in [0.2, 0.25) is 0 Å². The van der Waals surface area contributed by atoms with E-state index in [0.29, 0.717) is 24.6 Å². The van der Waals surface area contributed by atoms with Crippen molar-refractivity contribution in [2.45, 2.75) is 58.0 Å². The van der Waals surface area contributed by atoms with E-state index >= 15 is 0 Å². The molecule has 0 bridgehead atoms. The minimum Gasteiger partial charge on any atom is -0.494 e. The summed E-state index contributed by atoms with van der Waals surface area (Å²) in [5, 5.41) is 13.0. The van der Waals surface area contributed by atoms with Crippen LogP contribution in [-0.4, -0.2) is 30.3 Å². The summed E-state index contributed by atoms with van der Waals surface area (Å²) in [6.07, 6.45) is 7.48. The van der Waals surface area contributed by atoms with Crippen LogP contribution in [0.3, 0.4) is 0 Å². The zero-order valence-electron chi connectivity index (χ0n) is 14.1. The van der Waals surface area contributed by atoms with Gasteiger partial charge in [-0.15, -0.1) is 0 Å². The molecule has 2 rings (SSSR count). The van der Waals surface area contributed by atoms with Gasteiger partial charge < -0.3 is 15.2 Å². The van der Waals surface area contributed by atoms with E-state index < -0.39 is 6.10 Å². The van der Waals surface area contributed by atoms with Gasteiger partial charge in [0, 0.05) is 12.1 Å². The third-order valence-corrected chi connectivity index (χ3v) is 4.55. The number of ether oxygens (including phenoxy) is 1. The van der Waals surface area contributed by atoms with E-state index in [9.17, 15) is 9.90 Å². The molecule has 1 atom stereocenters. The molecule has 0 aromatic heterocycles. The first-order valence-electron chi connectivity index (χ1n) is 8.90. The number of hydrogen-bond donors (Lipinski definition) is 2. The highest BCUT2D eigenvalue weighted by Crippen LogP contribution is 2.26. The second kappa shape index (κ2) is 9.56. The van der Waals surface area contributed by atoms with Crippen molar-refractivity contribution in [2.75, 3.05) is 13.2 Å². The zero-order valence-corrected chi connectivity index (χ0v) is 14.1. The maximum absolute atomic E-state index is 12.1. The number of aliphatic hydroxyl groups is 1. The van der Waals surface area contributed by atoms with Crippen LogP contribution in [0.25, 0.3) is 0 Å². The lowest BCUT2D eigenvalue weighted by atomic mass is 9.85. The van der Waals surface area contributed by atoms with E-state index in [2.05, 4.69) is 12.2 Å². The van der Waals surface area contributed by atoms with Crippen LogP contribution < -0.4 is 10.1 Å². The molecule has 0 radical (unpaired) electrons. The Kier molecular flexibility index (Phi) is 7.40. The van der Waals surface area contributed by atoms with Crippen molar-refractivity contribution in [1.82, 2.24) is 5.32 Å². The van der Waals surface area contributed by atoms with Crippen molar-refractivity contribution in [3.8, 4) is 5.75 Å². The second-order valence-corrected chi connectivity index (χ2v) is 6.40. The number of amides is 1. The van der Waals surface area contributed by atoms with E-state index in [0.717, 1.165) is 31.4 Å². The molecular weight excluding hydrogens is 290 g/mol. The van der Waals surface area contributed by atoms with Crippen molar-refractivity contribution >= 4 is 5.91 Å². The number of nitrogens with one attached hydrogen (secondary N) is 1. The summed E-state index contributed by atoms with van der Waals surface area (Å²) in [4.78, 5) is 12.1. The van der Waals surface area contributed by atoms with Gasteiger partial charge in [-0.2, -0.15) is 0 Å². The summed E-state index contributed by atoms with van der Waals surface area (Å²) < 4.78 is 5.59. The third-order valence-electron chi connectivity index (χ3n) is 4.55. The number of benzene rings is 1. The number of carbonyl (C=O) groups is 1. The van der Waals surface area contributed by atoms with Crippen LogP contribution in [0, 0.1) is 5.92 Å². The molecule has 23 heavy (non-hydrogen) atoms. The van der Waals surface area contributed by atoms with Crippen LogP contribution in [0.5, 0.6) is 5.75 Å². The Morgan fingerprint density at radius 1 is 1.26 bits per heavy atom. The van der Waals surface area contributed by atoms with Crippen LogP contribution >= 0.6 is 0 Å². The van der Waals surface area contributed by atoms with Crippen LogP contribution in [0.4, 0.5) is 0 Å². The fourth-order valence-electron chi connectivity index (χ4n) is 3.02. The average molecular weight is 319 g/mol. The normalized spacial score (nSPS) is 16.8. The van der Waals surface area contributed by atoms with Gasteiger partial charge in [-0.3, -0.25) is 4.79 Å². The molecule has 0 spiro atoms. The van der Waals surface area contributed by atoms with E-state index in [4.69, 9.17) is 4.74 Å². The highest BCUT2D eigenvalue weighted by Gasteiger charge is 2.22. The van der Waals surface area contributed by atoms with Crippen molar-refractivity contribution < 1.29 is 14.6 Å². The molecule has 0 heterocycles. The van der Waals surface area contributed by atoms with Gasteiger partial charge in [0.1, 0.15) is 5.75 Å². The molecule has 0 saturated heterocycles. The summed E-state index contributed by atoms with van der Waals surface area (Å²) in [6.45, 7) is 3.16. The molecule has 4 heteroatoms. The Labute approximate surface area is 139 Å². The topological polar surface area (TPSA) is 58.6 Å². The van der Waals surface area contributed by atoms with Gasteiger partial charge in [-0.05, 0) is 49.4 Å². The van der Waals surface area contributed by atoms with E-state index in [1.54, 1.807) is 12.1 Å². The highest BCUT2D eigenvalue weighted by atomic mass is 16.5. The molecule has 1 aromatic rings. The largest absolute Gasteiger partial charge is 0.494 e. The lowest BCUT2D eigenvalue weighted by Crippen LogP contribution is -2.37. The lowest BCUT2D eigenvalue weighted by Gasteiger charge is -2.26. The van der Waals surface area contributed by atoms with E-state index in [1.807, 2.05) is 12.1 Å². The molecule has 1 saturated carbocycles. The molecule has 2 N–H and O–H groups in total. The molecule has 128 valence electrons. The van der Waals surface area contributed by atoms with E-state index in [1.165, 1.54) is 19.3 Å². The standard InChI is InChI=1S/C19H29NO3/c1-2-3-13-23-17-11-9-16(10-12-17)19(22)20-14-18(21)15-7-5-4-6-8-15/h9-12,15,18,21H,2-8,13-14H2,1H3,(H,20,22). The lowest BCUT2D eigenvalue weighted by molar-refractivity contribution is 0.0738. The number of carbonyl (C=O) groups excluding carboxylic acids is 1. The molecule has 1 amide bonds. The summed E-state index contributed by atoms with van der Waals surface area (Å²) >= 11 is 0. The maximum Gasteiger partial charge on any atom is 0.251 e. The minimum absolute atomic E-state index is 0.139. The predicted octanol–water partition coefficient (Wildman–Crippen LogP) is 3.54. The molecule has 1 aliphatic rings. The van der Waals surface area contributed by atoms with Crippen LogP contribution in [0.1, 0.15) is 62.2 Å². The van der Waals surface area contributed by atoms with Crippen molar-refractivity contribution in [1.29, 1.82) is 0 Å². The van der Waals surface area contributed by atoms with Crippen molar-refractivity contribution in [3.63, 3.8) is 0 Å². The Bertz CT molecular complexity index is 466. The first-order valence-corrected chi connectivity index (χ1v) is 8.90.